The lowest BCUT2D eigenvalue weighted by Gasteiger charge is -2.08. The molecule has 0 spiro atoms. The van der Waals surface area contributed by atoms with Gasteiger partial charge in [0.1, 0.15) is 6.61 Å². The van der Waals surface area contributed by atoms with Gasteiger partial charge in [-0.15, -0.1) is 0 Å². The van der Waals surface area contributed by atoms with E-state index in [4.69, 9.17) is 10.5 Å². The second kappa shape index (κ2) is 4.59. The van der Waals surface area contributed by atoms with E-state index >= 15 is 0 Å². The van der Waals surface area contributed by atoms with Crippen molar-refractivity contribution in [1.82, 2.24) is 0 Å². The van der Waals surface area contributed by atoms with Gasteiger partial charge in [0.15, 0.2) is 5.78 Å². The summed E-state index contributed by atoms with van der Waals surface area (Å²) in [7, 11) is 0. The van der Waals surface area contributed by atoms with E-state index in [9.17, 15) is 9.59 Å². The number of Topliss-reactive ketones (excluding diaryl/α,β-unsaturated/α-hetero) is 1. The molecule has 0 unspecified atom stereocenters. The molecule has 15 heavy (non-hydrogen) atoms. The standard InChI is InChI=1S/C11H13NO3/c1-7(13)10-5-3-4-9(11(10)12)6-15-8(2)14/h3-5H,6,12H2,1-2H3. The van der Waals surface area contributed by atoms with E-state index in [0.29, 0.717) is 16.8 Å². The lowest BCUT2D eigenvalue weighted by atomic mass is 10.1. The molecule has 0 saturated carbocycles. The maximum atomic E-state index is 11.2. The van der Waals surface area contributed by atoms with Gasteiger partial charge in [-0.3, -0.25) is 9.59 Å². The fourth-order valence-corrected chi connectivity index (χ4v) is 1.23. The molecule has 0 aliphatic carbocycles. The van der Waals surface area contributed by atoms with Gasteiger partial charge in [-0.05, 0) is 13.0 Å². The monoisotopic (exact) mass is 207 g/mol. The molecule has 0 aromatic heterocycles. The molecule has 80 valence electrons. The first kappa shape index (κ1) is 11.2. The van der Waals surface area contributed by atoms with Gasteiger partial charge in [-0.2, -0.15) is 0 Å². The quantitative estimate of drug-likeness (QED) is 0.463. The number of carbonyl (C=O) groups excluding carboxylic acids is 2. The lowest BCUT2D eigenvalue weighted by molar-refractivity contribution is -0.142. The fourth-order valence-electron chi connectivity index (χ4n) is 1.23. The number of hydrogen-bond donors (Lipinski definition) is 1. The smallest absolute Gasteiger partial charge is 0.302 e. The van der Waals surface area contributed by atoms with Crippen molar-refractivity contribution in [2.75, 3.05) is 5.73 Å². The molecule has 0 aliphatic rings. The molecule has 1 aromatic carbocycles. The van der Waals surface area contributed by atoms with Crippen LogP contribution in [0, 0.1) is 0 Å². The summed E-state index contributed by atoms with van der Waals surface area (Å²) < 4.78 is 4.81. The third kappa shape index (κ3) is 2.80. The number of para-hydroxylation sites is 1. The first-order chi connectivity index (χ1) is 7.02. The topological polar surface area (TPSA) is 69.4 Å². The molecule has 1 rings (SSSR count). The van der Waals surface area contributed by atoms with Crippen LogP contribution >= 0.6 is 0 Å². The van der Waals surface area contributed by atoms with Crippen molar-refractivity contribution >= 4 is 17.4 Å². The molecule has 0 atom stereocenters. The molecule has 0 aliphatic heterocycles. The number of rotatable bonds is 3. The Morgan fingerprint density at radius 1 is 1.33 bits per heavy atom. The fraction of sp³-hybridized carbons (Fsp3) is 0.273. The minimum Gasteiger partial charge on any atom is -0.461 e. The molecule has 0 bridgehead atoms. The molecule has 0 radical (unpaired) electrons. The average Bonchev–Trinajstić information content (AvgIpc) is 2.15. The van der Waals surface area contributed by atoms with Crippen LogP contribution in [-0.2, 0) is 16.1 Å². The normalized spacial score (nSPS) is 9.73. The van der Waals surface area contributed by atoms with Gasteiger partial charge < -0.3 is 10.5 Å². The number of anilines is 1. The van der Waals surface area contributed by atoms with Gasteiger partial charge in [0.2, 0.25) is 0 Å². The molecule has 0 saturated heterocycles. The zero-order valence-electron chi connectivity index (χ0n) is 8.74. The van der Waals surface area contributed by atoms with Crippen LogP contribution < -0.4 is 5.73 Å². The van der Waals surface area contributed by atoms with E-state index in [0.717, 1.165) is 0 Å². The van der Waals surface area contributed by atoms with Crippen LogP contribution in [0.25, 0.3) is 0 Å². The van der Waals surface area contributed by atoms with Crippen LogP contribution in [-0.4, -0.2) is 11.8 Å². The minimum atomic E-state index is -0.373. The summed E-state index contributed by atoms with van der Waals surface area (Å²) in [5, 5.41) is 0. The minimum absolute atomic E-state index is 0.0995. The Bertz CT molecular complexity index is 399. The summed E-state index contributed by atoms with van der Waals surface area (Å²) >= 11 is 0. The highest BCUT2D eigenvalue weighted by atomic mass is 16.5. The van der Waals surface area contributed by atoms with Crippen molar-refractivity contribution in [3.8, 4) is 0 Å². The number of ketones is 1. The molecular weight excluding hydrogens is 194 g/mol. The molecule has 0 heterocycles. The number of ether oxygens (including phenoxy) is 1. The predicted octanol–water partition coefficient (Wildman–Crippen LogP) is 1.53. The van der Waals surface area contributed by atoms with E-state index in [1.165, 1.54) is 13.8 Å². The average molecular weight is 207 g/mol. The highest BCUT2D eigenvalue weighted by Gasteiger charge is 2.09. The number of hydrogen-bond acceptors (Lipinski definition) is 4. The number of esters is 1. The second-order valence-electron chi connectivity index (χ2n) is 3.21. The molecular formula is C11H13NO3. The number of nitrogens with two attached hydrogens (primary N) is 1. The highest BCUT2D eigenvalue weighted by Crippen LogP contribution is 2.18. The van der Waals surface area contributed by atoms with Gasteiger partial charge >= 0.3 is 5.97 Å². The third-order valence-electron chi connectivity index (χ3n) is 2.01. The summed E-state index contributed by atoms with van der Waals surface area (Å²) in [5.41, 5.74) is 7.25. The summed E-state index contributed by atoms with van der Waals surface area (Å²) in [6.45, 7) is 2.87. The van der Waals surface area contributed by atoms with Crippen LogP contribution in [0.5, 0.6) is 0 Å². The highest BCUT2D eigenvalue weighted by molar-refractivity contribution is 5.99. The Morgan fingerprint density at radius 3 is 2.53 bits per heavy atom. The third-order valence-corrected chi connectivity index (χ3v) is 2.01. The zero-order valence-corrected chi connectivity index (χ0v) is 8.74. The summed E-state index contributed by atoms with van der Waals surface area (Å²) in [4.78, 5) is 21.8. The lowest BCUT2D eigenvalue weighted by Crippen LogP contribution is -2.06. The van der Waals surface area contributed by atoms with Crippen LogP contribution in [0.1, 0.15) is 29.8 Å². The van der Waals surface area contributed by atoms with Gasteiger partial charge in [0.05, 0.1) is 0 Å². The summed E-state index contributed by atoms with van der Waals surface area (Å²) in [5.74, 6) is -0.472. The first-order valence-electron chi connectivity index (χ1n) is 4.54. The van der Waals surface area contributed by atoms with Gasteiger partial charge in [-0.1, -0.05) is 12.1 Å². The van der Waals surface area contributed by atoms with Crippen molar-refractivity contribution in [2.24, 2.45) is 0 Å². The molecule has 4 nitrogen and oxygen atoms in total. The van der Waals surface area contributed by atoms with Crippen LogP contribution in [0.4, 0.5) is 5.69 Å². The summed E-state index contributed by atoms with van der Waals surface area (Å²) in [6, 6.07) is 5.09. The van der Waals surface area contributed by atoms with Gasteiger partial charge in [-0.25, -0.2) is 0 Å². The predicted molar refractivity (Wildman–Crippen MR) is 56.3 cm³/mol. The maximum absolute atomic E-state index is 11.2. The van der Waals surface area contributed by atoms with Crippen molar-refractivity contribution < 1.29 is 14.3 Å². The molecule has 0 fully saturated rings. The Hall–Kier alpha value is -1.84. The van der Waals surface area contributed by atoms with E-state index < -0.39 is 0 Å². The van der Waals surface area contributed by atoms with Crippen LogP contribution in [0.3, 0.4) is 0 Å². The van der Waals surface area contributed by atoms with Gasteiger partial charge in [0, 0.05) is 23.7 Å². The Morgan fingerprint density at radius 2 is 2.00 bits per heavy atom. The van der Waals surface area contributed by atoms with Crippen LogP contribution in [0.15, 0.2) is 18.2 Å². The number of nitrogen functional groups attached to an aromatic ring is 1. The van der Waals surface area contributed by atoms with E-state index in [1.807, 2.05) is 0 Å². The molecule has 0 amide bonds. The van der Waals surface area contributed by atoms with Crippen molar-refractivity contribution in [2.45, 2.75) is 20.5 Å². The SMILES string of the molecule is CC(=O)OCc1cccc(C(C)=O)c1N. The first-order valence-corrected chi connectivity index (χ1v) is 4.54. The van der Waals surface area contributed by atoms with E-state index in [1.54, 1.807) is 18.2 Å². The van der Waals surface area contributed by atoms with Crippen LogP contribution in [0.2, 0.25) is 0 Å². The maximum Gasteiger partial charge on any atom is 0.302 e. The van der Waals surface area contributed by atoms with E-state index in [-0.39, 0.29) is 18.4 Å². The Labute approximate surface area is 88.0 Å². The van der Waals surface area contributed by atoms with Crippen molar-refractivity contribution in [3.63, 3.8) is 0 Å². The number of benzene rings is 1. The molecule has 4 heteroatoms. The van der Waals surface area contributed by atoms with E-state index in [2.05, 4.69) is 0 Å². The number of carbonyl (C=O) groups is 2. The largest absolute Gasteiger partial charge is 0.461 e. The Kier molecular flexibility index (Phi) is 3.44. The molecule has 1 aromatic rings. The summed E-state index contributed by atoms with van der Waals surface area (Å²) in [6.07, 6.45) is 0. The zero-order chi connectivity index (χ0) is 11.4. The Balaban J connectivity index is 2.94. The van der Waals surface area contributed by atoms with Crippen molar-refractivity contribution in [1.29, 1.82) is 0 Å². The van der Waals surface area contributed by atoms with Crippen molar-refractivity contribution in [3.05, 3.63) is 29.3 Å². The van der Waals surface area contributed by atoms with Gasteiger partial charge in [0.25, 0.3) is 0 Å². The second-order valence-corrected chi connectivity index (χ2v) is 3.21. The molecule has 2 N–H and O–H groups in total.